The number of anilines is 1. The lowest BCUT2D eigenvalue weighted by atomic mass is 10.1. The summed E-state index contributed by atoms with van der Waals surface area (Å²) in [6, 6.07) is 4.10. The fourth-order valence-corrected chi connectivity index (χ4v) is 2.01. The Balaban J connectivity index is 2.58. The van der Waals surface area contributed by atoms with Crippen molar-refractivity contribution in [3.05, 3.63) is 34.9 Å². The zero-order chi connectivity index (χ0) is 13.3. The molecule has 1 heterocycles. The van der Waals surface area contributed by atoms with Crippen LogP contribution in [0.5, 0.6) is 0 Å². The van der Waals surface area contributed by atoms with Gasteiger partial charge in [0.25, 0.3) is 0 Å². The van der Waals surface area contributed by atoms with Crippen LogP contribution in [0.3, 0.4) is 0 Å². The van der Waals surface area contributed by atoms with Crippen molar-refractivity contribution >= 4 is 17.4 Å². The van der Waals surface area contributed by atoms with E-state index >= 15 is 0 Å². The molecule has 2 N–H and O–H groups in total. The van der Waals surface area contributed by atoms with Gasteiger partial charge in [0.1, 0.15) is 23.2 Å². The zero-order valence-electron chi connectivity index (χ0n) is 9.74. The molecule has 3 nitrogen and oxygen atoms in total. The number of terminal acetylenes is 1. The molecule has 5 heteroatoms. The van der Waals surface area contributed by atoms with E-state index in [0.717, 1.165) is 0 Å². The van der Waals surface area contributed by atoms with E-state index in [1.54, 1.807) is 17.6 Å². The summed E-state index contributed by atoms with van der Waals surface area (Å²) < 4.78 is 14.7. The predicted octanol–water partition coefficient (Wildman–Crippen LogP) is 2.87. The van der Waals surface area contributed by atoms with Gasteiger partial charge in [-0.2, -0.15) is 0 Å². The number of nitrogens with zero attached hydrogens (tertiary/aromatic N) is 2. The first-order chi connectivity index (χ1) is 8.54. The highest BCUT2D eigenvalue weighted by Gasteiger charge is 2.15. The number of nitrogen functional groups attached to an aromatic ring is 1. The molecular formula is C13H11ClFN3. The van der Waals surface area contributed by atoms with E-state index in [1.807, 2.05) is 0 Å². The molecule has 0 aliphatic carbocycles. The maximum absolute atomic E-state index is 13.0. The first-order valence-corrected chi connectivity index (χ1v) is 5.64. The van der Waals surface area contributed by atoms with E-state index in [1.165, 1.54) is 12.1 Å². The molecule has 18 heavy (non-hydrogen) atoms. The second-order valence-electron chi connectivity index (χ2n) is 3.81. The van der Waals surface area contributed by atoms with Crippen LogP contribution in [-0.4, -0.2) is 9.55 Å². The minimum absolute atomic E-state index is 0.270. The molecule has 92 valence electrons. The lowest BCUT2D eigenvalue weighted by Crippen LogP contribution is -2.03. The Morgan fingerprint density at radius 1 is 1.56 bits per heavy atom. The number of halogens is 2. The maximum Gasteiger partial charge on any atom is 0.132 e. The standard InChI is InChI=1S/C13H11ClFN3/c1-3-6-18-8(2)17-12(13(18)16)10-5-4-9(15)7-11(10)14/h1,4-5,7H,6,16H2,2H3. The van der Waals surface area contributed by atoms with Gasteiger partial charge >= 0.3 is 0 Å². The van der Waals surface area contributed by atoms with Crippen LogP contribution in [0, 0.1) is 25.1 Å². The molecule has 1 aromatic carbocycles. The van der Waals surface area contributed by atoms with Crippen LogP contribution in [0.1, 0.15) is 5.82 Å². The van der Waals surface area contributed by atoms with Gasteiger partial charge in [0.05, 0.1) is 11.6 Å². The molecule has 0 bridgehead atoms. The Labute approximate surface area is 109 Å². The molecule has 0 saturated carbocycles. The highest BCUT2D eigenvalue weighted by atomic mass is 35.5. The van der Waals surface area contributed by atoms with Gasteiger partial charge in [-0.05, 0) is 25.1 Å². The number of imidazole rings is 1. The monoisotopic (exact) mass is 263 g/mol. The van der Waals surface area contributed by atoms with Crippen molar-refractivity contribution in [2.24, 2.45) is 0 Å². The van der Waals surface area contributed by atoms with Crippen LogP contribution >= 0.6 is 11.6 Å². The highest BCUT2D eigenvalue weighted by Crippen LogP contribution is 2.32. The summed E-state index contributed by atoms with van der Waals surface area (Å²) in [6.07, 6.45) is 5.27. The van der Waals surface area contributed by atoms with Crippen LogP contribution in [-0.2, 0) is 6.54 Å². The number of rotatable bonds is 2. The molecule has 1 aromatic heterocycles. The Morgan fingerprint density at radius 3 is 2.89 bits per heavy atom. The second kappa shape index (κ2) is 4.71. The van der Waals surface area contributed by atoms with Gasteiger partial charge in [-0.1, -0.05) is 17.5 Å². The summed E-state index contributed by atoms with van der Waals surface area (Å²) in [6.45, 7) is 2.14. The molecule has 0 atom stereocenters. The number of aryl methyl sites for hydroxylation is 1. The van der Waals surface area contributed by atoms with Crippen molar-refractivity contribution in [3.8, 4) is 23.6 Å². The molecule has 0 saturated heterocycles. The third-order valence-electron chi connectivity index (χ3n) is 2.63. The lowest BCUT2D eigenvalue weighted by Gasteiger charge is -2.04. The van der Waals surface area contributed by atoms with Crippen LogP contribution in [0.25, 0.3) is 11.3 Å². The molecule has 0 spiro atoms. The normalized spacial score (nSPS) is 10.3. The van der Waals surface area contributed by atoms with Crippen LogP contribution in [0.4, 0.5) is 10.2 Å². The quantitative estimate of drug-likeness (QED) is 0.847. The van der Waals surface area contributed by atoms with Crippen molar-refractivity contribution in [2.75, 3.05) is 5.73 Å². The van der Waals surface area contributed by atoms with Crippen LogP contribution in [0.2, 0.25) is 5.02 Å². The summed E-state index contributed by atoms with van der Waals surface area (Å²) in [4.78, 5) is 4.33. The lowest BCUT2D eigenvalue weighted by molar-refractivity contribution is 0.628. The number of hydrogen-bond donors (Lipinski definition) is 1. The van der Waals surface area contributed by atoms with E-state index in [0.29, 0.717) is 29.4 Å². The predicted molar refractivity (Wildman–Crippen MR) is 70.6 cm³/mol. The third-order valence-corrected chi connectivity index (χ3v) is 2.95. The molecule has 0 radical (unpaired) electrons. The molecule has 0 unspecified atom stereocenters. The van der Waals surface area contributed by atoms with Gasteiger partial charge < -0.3 is 10.3 Å². The topological polar surface area (TPSA) is 43.8 Å². The second-order valence-corrected chi connectivity index (χ2v) is 4.21. The fourth-order valence-electron chi connectivity index (χ4n) is 1.75. The molecule has 0 aliphatic rings. The van der Waals surface area contributed by atoms with E-state index in [2.05, 4.69) is 10.9 Å². The van der Waals surface area contributed by atoms with E-state index in [4.69, 9.17) is 23.8 Å². The fraction of sp³-hybridized carbons (Fsp3) is 0.154. The molecular weight excluding hydrogens is 253 g/mol. The molecule has 0 fully saturated rings. The van der Waals surface area contributed by atoms with Gasteiger partial charge in [0, 0.05) is 5.56 Å². The van der Waals surface area contributed by atoms with Gasteiger partial charge in [-0.25, -0.2) is 9.37 Å². The van der Waals surface area contributed by atoms with E-state index in [-0.39, 0.29) is 5.02 Å². The Hall–Kier alpha value is -1.99. The smallest absolute Gasteiger partial charge is 0.132 e. The number of aromatic nitrogens is 2. The minimum Gasteiger partial charge on any atom is -0.383 e. The molecule has 0 amide bonds. The Morgan fingerprint density at radius 2 is 2.28 bits per heavy atom. The molecule has 2 rings (SSSR count). The Bertz CT molecular complexity index is 640. The summed E-state index contributed by atoms with van der Waals surface area (Å²) >= 11 is 5.99. The van der Waals surface area contributed by atoms with Crippen molar-refractivity contribution in [2.45, 2.75) is 13.5 Å². The third kappa shape index (κ3) is 2.05. The average Bonchev–Trinajstić information content (AvgIpc) is 2.58. The summed E-state index contributed by atoms with van der Waals surface area (Å²) in [5.41, 5.74) is 7.09. The first-order valence-electron chi connectivity index (χ1n) is 5.26. The van der Waals surface area contributed by atoms with Crippen molar-refractivity contribution in [3.63, 3.8) is 0 Å². The van der Waals surface area contributed by atoms with Gasteiger partial charge in [0.2, 0.25) is 0 Å². The summed E-state index contributed by atoms with van der Waals surface area (Å²) in [7, 11) is 0. The van der Waals surface area contributed by atoms with Crippen molar-refractivity contribution < 1.29 is 4.39 Å². The van der Waals surface area contributed by atoms with E-state index in [9.17, 15) is 4.39 Å². The van der Waals surface area contributed by atoms with Gasteiger partial charge in [-0.3, -0.25) is 0 Å². The van der Waals surface area contributed by atoms with Crippen LogP contribution in [0.15, 0.2) is 18.2 Å². The minimum atomic E-state index is -0.401. The summed E-state index contributed by atoms with van der Waals surface area (Å²) in [5.74, 6) is 3.23. The van der Waals surface area contributed by atoms with Crippen molar-refractivity contribution in [1.29, 1.82) is 0 Å². The largest absolute Gasteiger partial charge is 0.383 e. The van der Waals surface area contributed by atoms with Gasteiger partial charge in [-0.15, -0.1) is 6.42 Å². The zero-order valence-corrected chi connectivity index (χ0v) is 10.5. The first kappa shape index (κ1) is 12.5. The van der Waals surface area contributed by atoms with Crippen molar-refractivity contribution in [1.82, 2.24) is 9.55 Å². The Kier molecular flexibility index (Phi) is 3.26. The highest BCUT2D eigenvalue weighted by molar-refractivity contribution is 6.33. The molecule has 2 aromatic rings. The van der Waals surface area contributed by atoms with Gasteiger partial charge in [0.15, 0.2) is 0 Å². The maximum atomic E-state index is 13.0. The van der Waals surface area contributed by atoms with Crippen LogP contribution < -0.4 is 5.73 Å². The SMILES string of the molecule is C#CCn1c(C)nc(-c2ccc(F)cc2Cl)c1N. The summed E-state index contributed by atoms with van der Waals surface area (Å²) in [5, 5.41) is 0.270. The average molecular weight is 264 g/mol. The molecule has 0 aliphatic heterocycles. The van der Waals surface area contributed by atoms with E-state index < -0.39 is 5.82 Å². The number of benzene rings is 1. The number of nitrogens with two attached hydrogens (primary N) is 1. The number of hydrogen-bond acceptors (Lipinski definition) is 2.